The maximum atomic E-state index is 10.8. The molecule has 0 saturated heterocycles. The monoisotopic (exact) mass is 368 g/mol. The molecule has 6 nitrogen and oxygen atoms in total. The topological polar surface area (TPSA) is 82.1 Å². The zero-order valence-corrected chi connectivity index (χ0v) is 16.4. The van der Waals surface area contributed by atoms with Crippen LogP contribution in [0.15, 0.2) is 0 Å². The summed E-state index contributed by atoms with van der Waals surface area (Å²) in [6, 6.07) is 0. The SMILES string of the molecule is CCCCCCCOC(C)(COS(=O)(=O)O)OCCCCCCC. The molecule has 0 spiro atoms. The fraction of sp³-hybridized carbons (Fsp3) is 1.00. The standard InChI is InChI=1S/C17H36O6S/c1-4-6-8-10-12-14-21-17(3,16-23-24(18,19)20)22-15-13-11-9-7-5-2/h4-16H2,1-3H3,(H,18,19,20). The van der Waals surface area contributed by atoms with Crippen LogP contribution >= 0.6 is 0 Å². The molecule has 0 rings (SSSR count). The lowest BCUT2D eigenvalue weighted by Gasteiger charge is -2.29. The molecule has 0 aromatic heterocycles. The molecule has 0 radical (unpaired) electrons. The second-order valence-electron chi connectivity index (χ2n) is 6.35. The van der Waals surface area contributed by atoms with Crippen molar-refractivity contribution in [1.82, 2.24) is 0 Å². The van der Waals surface area contributed by atoms with Gasteiger partial charge in [0.05, 0.1) is 13.2 Å². The van der Waals surface area contributed by atoms with E-state index < -0.39 is 16.2 Å². The Morgan fingerprint density at radius 3 is 1.58 bits per heavy atom. The highest BCUT2D eigenvalue weighted by atomic mass is 32.3. The zero-order valence-electron chi connectivity index (χ0n) is 15.6. The molecular formula is C17H36O6S. The Morgan fingerprint density at radius 1 is 0.792 bits per heavy atom. The van der Waals surface area contributed by atoms with Crippen LogP contribution in [0.25, 0.3) is 0 Å². The second kappa shape index (κ2) is 14.0. The molecule has 1 N–H and O–H groups in total. The molecule has 0 saturated carbocycles. The van der Waals surface area contributed by atoms with E-state index in [2.05, 4.69) is 18.0 Å². The fourth-order valence-corrected chi connectivity index (χ4v) is 2.66. The van der Waals surface area contributed by atoms with Gasteiger partial charge in [0.2, 0.25) is 0 Å². The number of unbranched alkanes of at least 4 members (excludes halogenated alkanes) is 8. The average molecular weight is 369 g/mol. The molecule has 0 aromatic rings. The molecule has 0 aliphatic rings. The van der Waals surface area contributed by atoms with Gasteiger partial charge in [-0.3, -0.25) is 4.55 Å². The lowest BCUT2D eigenvalue weighted by atomic mass is 10.1. The third-order valence-corrected chi connectivity index (χ3v) is 4.20. The maximum Gasteiger partial charge on any atom is 0.397 e. The van der Waals surface area contributed by atoms with Gasteiger partial charge in [-0.1, -0.05) is 65.2 Å². The molecule has 0 aromatic carbocycles. The number of hydrogen-bond acceptors (Lipinski definition) is 5. The largest absolute Gasteiger partial charge is 0.397 e. The summed E-state index contributed by atoms with van der Waals surface area (Å²) in [4.78, 5) is 0. The van der Waals surface area contributed by atoms with Crippen molar-refractivity contribution in [3.8, 4) is 0 Å². The van der Waals surface area contributed by atoms with E-state index in [0.717, 1.165) is 38.5 Å². The molecule has 24 heavy (non-hydrogen) atoms. The minimum absolute atomic E-state index is 0.351. The van der Waals surface area contributed by atoms with Crippen LogP contribution in [-0.4, -0.2) is 38.6 Å². The molecule has 0 amide bonds. The van der Waals surface area contributed by atoms with Crippen LogP contribution in [0.3, 0.4) is 0 Å². The third-order valence-electron chi connectivity index (χ3n) is 3.78. The summed E-state index contributed by atoms with van der Waals surface area (Å²) >= 11 is 0. The lowest BCUT2D eigenvalue weighted by molar-refractivity contribution is -0.240. The van der Waals surface area contributed by atoms with Gasteiger partial charge in [0.1, 0.15) is 6.61 Å². The fourth-order valence-electron chi connectivity index (χ4n) is 2.29. The van der Waals surface area contributed by atoms with Gasteiger partial charge >= 0.3 is 10.4 Å². The van der Waals surface area contributed by atoms with E-state index >= 15 is 0 Å². The molecule has 0 unspecified atom stereocenters. The summed E-state index contributed by atoms with van der Waals surface area (Å²) in [7, 11) is -4.50. The zero-order chi connectivity index (χ0) is 18.3. The Kier molecular flexibility index (Phi) is 13.9. The van der Waals surface area contributed by atoms with Gasteiger partial charge in [-0.15, -0.1) is 0 Å². The van der Waals surface area contributed by atoms with Crippen molar-refractivity contribution < 1.29 is 26.6 Å². The molecule has 0 fully saturated rings. The van der Waals surface area contributed by atoms with Gasteiger partial charge in [-0.2, -0.15) is 8.42 Å². The lowest BCUT2D eigenvalue weighted by Crippen LogP contribution is -2.39. The van der Waals surface area contributed by atoms with E-state index in [9.17, 15) is 8.42 Å². The number of hydrogen-bond donors (Lipinski definition) is 1. The van der Waals surface area contributed by atoms with Crippen molar-refractivity contribution in [2.24, 2.45) is 0 Å². The van der Waals surface area contributed by atoms with Gasteiger partial charge < -0.3 is 9.47 Å². The van der Waals surface area contributed by atoms with Crippen molar-refractivity contribution in [3.05, 3.63) is 0 Å². The van der Waals surface area contributed by atoms with Crippen molar-refractivity contribution in [1.29, 1.82) is 0 Å². The van der Waals surface area contributed by atoms with Crippen molar-refractivity contribution in [3.63, 3.8) is 0 Å². The van der Waals surface area contributed by atoms with Crippen LogP contribution in [0.5, 0.6) is 0 Å². The van der Waals surface area contributed by atoms with Crippen LogP contribution in [0.1, 0.15) is 85.0 Å². The van der Waals surface area contributed by atoms with E-state index in [0.29, 0.717) is 13.2 Å². The average Bonchev–Trinajstić information content (AvgIpc) is 2.52. The second-order valence-corrected chi connectivity index (χ2v) is 7.44. The van der Waals surface area contributed by atoms with E-state index in [1.165, 1.54) is 25.7 Å². The maximum absolute atomic E-state index is 10.8. The Balaban J connectivity index is 4.17. The third kappa shape index (κ3) is 15.3. The first-order valence-corrected chi connectivity index (χ1v) is 10.6. The Hall–Kier alpha value is -0.210. The van der Waals surface area contributed by atoms with E-state index in [-0.39, 0.29) is 6.61 Å². The summed E-state index contributed by atoms with van der Waals surface area (Å²) in [6.45, 7) is 6.57. The van der Waals surface area contributed by atoms with E-state index in [1.54, 1.807) is 6.92 Å². The van der Waals surface area contributed by atoms with Crippen LogP contribution in [0, 0.1) is 0 Å². The smallest absolute Gasteiger partial charge is 0.348 e. The van der Waals surface area contributed by atoms with Crippen molar-refractivity contribution in [2.45, 2.75) is 90.8 Å². The Morgan fingerprint density at radius 2 is 1.21 bits per heavy atom. The first-order chi connectivity index (χ1) is 11.3. The molecule has 0 atom stereocenters. The van der Waals surface area contributed by atoms with Crippen LogP contribution in [0.2, 0.25) is 0 Å². The molecule has 7 heteroatoms. The number of ether oxygens (including phenoxy) is 2. The summed E-state index contributed by atoms with van der Waals surface area (Å²) < 4.78 is 46.2. The Labute approximate surface area is 148 Å². The first-order valence-electron chi connectivity index (χ1n) is 9.22. The molecule has 146 valence electrons. The van der Waals surface area contributed by atoms with Gasteiger partial charge in [0, 0.05) is 0 Å². The summed E-state index contributed by atoms with van der Waals surface area (Å²) in [5, 5.41) is 0. The molecule has 0 aliphatic carbocycles. The predicted octanol–water partition coefficient (Wildman–Crippen LogP) is 4.50. The van der Waals surface area contributed by atoms with Gasteiger partial charge in [-0.05, 0) is 19.8 Å². The summed E-state index contributed by atoms with van der Waals surface area (Å²) in [5.41, 5.74) is 0. The van der Waals surface area contributed by atoms with Crippen molar-refractivity contribution >= 4 is 10.4 Å². The Bertz CT molecular complexity index is 367. The summed E-state index contributed by atoms with van der Waals surface area (Å²) in [5.74, 6) is -1.16. The molecular weight excluding hydrogens is 332 g/mol. The normalized spacial score (nSPS) is 12.7. The summed E-state index contributed by atoms with van der Waals surface area (Å²) in [6.07, 6.45) is 11.0. The van der Waals surface area contributed by atoms with Crippen LogP contribution in [-0.2, 0) is 24.1 Å². The van der Waals surface area contributed by atoms with Gasteiger partial charge in [-0.25, -0.2) is 4.18 Å². The van der Waals surface area contributed by atoms with E-state index in [1.807, 2.05) is 0 Å². The van der Waals surface area contributed by atoms with Crippen molar-refractivity contribution in [2.75, 3.05) is 19.8 Å². The van der Waals surface area contributed by atoms with Crippen LogP contribution < -0.4 is 0 Å². The number of rotatable bonds is 17. The first kappa shape index (κ1) is 23.8. The van der Waals surface area contributed by atoms with E-state index in [4.69, 9.17) is 14.0 Å². The van der Waals surface area contributed by atoms with Gasteiger partial charge in [0.15, 0.2) is 5.79 Å². The van der Waals surface area contributed by atoms with Crippen LogP contribution in [0.4, 0.5) is 0 Å². The minimum atomic E-state index is -4.50. The highest BCUT2D eigenvalue weighted by Crippen LogP contribution is 2.17. The van der Waals surface area contributed by atoms with Gasteiger partial charge in [0.25, 0.3) is 0 Å². The molecule has 0 aliphatic heterocycles. The quantitative estimate of drug-likeness (QED) is 0.231. The molecule has 0 bridgehead atoms. The minimum Gasteiger partial charge on any atom is -0.348 e. The highest BCUT2D eigenvalue weighted by Gasteiger charge is 2.28. The predicted molar refractivity (Wildman–Crippen MR) is 95.3 cm³/mol. The highest BCUT2D eigenvalue weighted by molar-refractivity contribution is 7.80. The molecule has 0 heterocycles.